The molecule has 2 rings (SSSR count). The summed E-state index contributed by atoms with van der Waals surface area (Å²) in [6.07, 6.45) is 3.59. The number of nitrogens with one attached hydrogen (secondary N) is 1. The third-order valence-corrected chi connectivity index (χ3v) is 3.92. The van der Waals surface area contributed by atoms with Gasteiger partial charge in [-0.05, 0) is 28.8 Å². The molecule has 1 aliphatic heterocycles. The Kier molecular flexibility index (Phi) is 4.71. The van der Waals surface area contributed by atoms with Gasteiger partial charge in [0.2, 0.25) is 0 Å². The molecule has 0 radical (unpaired) electrons. The largest absolute Gasteiger partial charge is 0.378 e. The van der Waals surface area contributed by atoms with E-state index in [9.17, 15) is 10.1 Å². The maximum atomic E-state index is 10.6. The summed E-state index contributed by atoms with van der Waals surface area (Å²) in [6.45, 7) is 3.69. The van der Waals surface area contributed by atoms with Gasteiger partial charge >= 0.3 is 0 Å². The molecular formula is C12H16BrN3O3. The lowest BCUT2D eigenvalue weighted by Gasteiger charge is -2.17. The van der Waals surface area contributed by atoms with Crippen LogP contribution in [0.15, 0.2) is 16.7 Å². The highest BCUT2D eigenvalue weighted by Crippen LogP contribution is 2.27. The molecule has 0 saturated carbocycles. The number of aromatic nitrogens is 1. The van der Waals surface area contributed by atoms with E-state index in [0.29, 0.717) is 22.3 Å². The molecule has 2 unspecified atom stereocenters. The predicted octanol–water partition coefficient (Wildman–Crippen LogP) is 2.98. The van der Waals surface area contributed by atoms with E-state index in [4.69, 9.17) is 4.74 Å². The Hall–Kier alpha value is -1.21. The summed E-state index contributed by atoms with van der Waals surface area (Å²) < 4.78 is 6.23. The zero-order valence-electron chi connectivity index (χ0n) is 10.6. The molecule has 0 aromatic carbocycles. The molecule has 1 fully saturated rings. The van der Waals surface area contributed by atoms with E-state index in [-0.39, 0.29) is 5.69 Å². The van der Waals surface area contributed by atoms with Crippen LogP contribution in [0, 0.1) is 16.0 Å². The van der Waals surface area contributed by atoms with Crippen molar-refractivity contribution in [3.8, 4) is 0 Å². The number of nitro groups is 1. The minimum Gasteiger partial charge on any atom is -0.378 e. The van der Waals surface area contributed by atoms with Gasteiger partial charge in [0.15, 0.2) is 0 Å². The molecular weight excluding hydrogens is 314 g/mol. The first-order valence-electron chi connectivity index (χ1n) is 6.27. The number of halogens is 1. The average Bonchev–Trinajstić information content (AvgIpc) is 2.84. The zero-order valence-corrected chi connectivity index (χ0v) is 12.2. The van der Waals surface area contributed by atoms with Crippen LogP contribution < -0.4 is 5.32 Å². The van der Waals surface area contributed by atoms with Gasteiger partial charge in [-0.1, -0.05) is 6.92 Å². The van der Waals surface area contributed by atoms with Crippen LogP contribution in [0.2, 0.25) is 0 Å². The van der Waals surface area contributed by atoms with Crippen LogP contribution in [0.25, 0.3) is 0 Å². The maximum absolute atomic E-state index is 10.6. The van der Waals surface area contributed by atoms with Crippen LogP contribution in [0.4, 0.5) is 11.5 Å². The molecule has 1 saturated heterocycles. The Morgan fingerprint density at radius 2 is 2.47 bits per heavy atom. The summed E-state index contributed by atoms with van der Waals surface area (Å²) in [5.74, 6) is 1.10. The first kappa shape index (κ1) is 14.2. The van der Waals surface area contributed by atoms with E-state index in [1.54, 1.807) is 0 Å². The Morgan fingerprint density at radius 1 is 1.68 bits per heavy atom. The Morgan fingerprint density at radius 3 is 3.11 bits per heavy atom. The van der Waals surface area contributed by atoms with Crippen LogP contribution in [-0.4, -0.2) is 29.2 Å². The second kappa shape index (κ2) is 6.29. The van der Waals surface area contributed by atoms with Crippen molar-refractivity contribution in [2.75, 3.05) is 18.5 Å². The molecule has 0 bridgehead atoms. The fourth-order valence-corrected chi connectivity index (χ4v) is 2.74. The summed E-state index contributed by atoms with van der Waals surface area (Å²) in [5, 5.41) is 13.8. The van der Waals surface area contributed by atoms with E-state index in [1.807, 2.05) is 0 Å². The fourth-order valence-electron chi connectivity index (χ4n) is 2.26. The SMILES string of the molecule is CCC1OCCC1CNc1ncc([N+](=O)[O-])cc1Br. The monoisotopic (exact) mass is 329 g/mol. The van der Waals surface area contributed by atoms with Crippen molar-refractivity contribution in [2.45, 2.75) is 25.9 Å². The topological polar surface area (TPSA) is 77.3 Å². The lowest BCUT2D eigenvalue weighted by atomic mass is 10.00. The van der Waals surface area contributed by atoms with Gasteiger partial charge in [-0.25, -0.2) is 4.98 Å². The van der Waals surface area contributed by atoms with Crippen molar-refractivity contribution in [3.05, 3.63) is 26.9 Å². The second-order valence-corrected chi connectivity index (χ2v) is 5.38. The fraction of sp³-hybridized carbons (Fsp3) is 0.583. The van der Waals surface area contributed by atoms with Crippen molar-refractivity contribution in [3.63, 3.8) is 0 Å². The molecule has 0 aliphatic carbocycles. The smallest absolute Gasteiger partial charge is 0.288 e. The van der Waals surface area contributed by atoms with Crippen molar-refractivity contribution >= 4 is 27.4 Å². The molecule has 1 aliphatic rings. The van der Waals surface area contributed by atoms with Crippen molar-refractivity contribution in [1.29, 1.82) is 0 Å². The number of nitrogens with zero attached hydrogens (tertiary/aromatic N) is 2. The Bertz CT molecular complexity index is 470. The third kappa shape index (κ3) is 3.42. The standard InChI is InChI=1S/C12H16BrN3O3/c1-2-11-8(3-4-19-11)6-14-12-10(13)5-9(7-15-12)16(17)18/h5,7-8,11H,2-4,6H2,1H3,(H,14,15). The quantitative estimate of drug-likeness (QED) is 0.663. The molecule has 0 spiro atoms. The van der Waals surface area contributed by atoms with Gasteiger partial charge < -0.3 is 10.1 Å². The van der Waals surface area contributed by atoms with Gasteiger partial charge in [-0.15, -0.1) is 0 Å². The number of rotatable bonds is 5. The normalized spacial score (nSPS) is 22.4. The first-order valence-corrected chi connectivity index (χ1v) is 7.06. The molecule has 6 nitrogen and oxygen atoms in total. The number of anilines is 1. The Labute approximate surface area is 119 Å². The van der Waals surface area contributed by atoms with Crippen molar-refractivity contribution in [1.82, 2.24) is 4.98 Å². The minimum atomic E-state index is -0.459. The zero-order chi connectivity index (χ0) is 13.8. The van der Waals surface area contributed by atoms with E-state index in [2.05, 4.69) is 33.2 Å². The average molecular weight is 330 g/mol. The van der Waals surface area contributed by atoms with Gasteiger partial charge in [0.1, 0.15) is 12.0 Å². The molecule has 19 heavy (non-hydrogen) atoms. The summed E-state index contributed by atoms with van der Waals surface area (Å²) in [7, 11) is 0. The van der Waals surface area contributed by atoms with Crippen molar-refractivity contribution < 1.29 is 9.66 Å². The van der Waals surface area contributed by atoms with E-state index in [0.717, 1.165) is 26.0 Å². The van der Waals surface area contributed by atoms with Crippen molar-refractivity contribution in [2.24, 2.45) is 5.92 Å². The number of hydrogen-bond donors (Lipinski definition) is 1. The lowest BCUT2D eigenvalue weighted by Crippen LogP contribution is -2.23. The molecule has 1 aromatic rings. The summed E-state index contributed by atoms with van der Waals surface area (Å²) >= 11 is 3.30. The van der Waals surface area contributed by atoms with E-state index in [1.165, 1.54) is 12.3 Å². The van der Waals surface area contributed by atoms with Crippen LogP contribution >= 0.6 is 15.9 Å². The van der Waals surface area contributed by atoms with Crippen LogP contribution in [0.5, 0.6) is 0 Å². The summed E-state index contributed by atoms with van der Waals surface area (Å²) in [5.41, 5.74) is -0.0203. The van der Waals surface area contributed by atoms with Crippen LogP contribution in [0.3, 0.4) is 0 Å². The lowest BCUT2D eigenvalue weighted by molar-refractivity contribution is -0.385. The molecule has 1 aromatic heterocycles. The van der Waals surface area contributed by atoms with Crippen LogP contribution in [0.1, 0.15) is 19.8 Å². The van der Waals surface area contributed by atoms with Gasteiger partial charge in [0.05, 0.1) is 15.5 Å². The molecule has 2 heterocycles. The molecule has 1 N–H and O–H groups in total. The van der Waals surface area contributed by atoms with Crippen LogP contribution in [-0.2, 0) is 4.74 Å². The van der Waals surface area contributed by atoms with Gasteiger partial charge in [-0.2, -0.15) is 0 Å². The highest BCUT2D eigenvalue weighted by Gasteiger charge is 2.26. The predicted molar refractivity (Wildman–Crippen MR) is 75.2 cm³/mol. The van der Waals surface area contributed by atoms with E-state index < -0.39 is 4.92 Å². The van der Waals surface area contributed by atoms with Gasteiger partial charge in [0.25, 0.3) is 5.69 Å². The molecule has 0 amide bonds. The maximum Gasteiger partial charge on any atom is 0.288 e. The summed E-state index contributed by atoms with van der Waals surface area (Å²) in [6, 6.07) is 1.46. The third-order valence-electron chi connectivity index (χ3n) is 3.32. The molecule has 7 heteroatoms. The molecule has 2 atom stereocenters. The Balaban J connectivity index is 1.98. The summed E-state index contributed by atoms with van der Waals surface area (Å²) in [4.78, 5) is 14.2. The van der Waals surface area contributed by atoms with Gasteiger partial charge in [-0.3, -0.25) is 10.1 Å². The minimum absolute atomic E-state index is 0.0203. The molecule has 104 valence electrons. The van der Waals surface area contributed by atoms with Gasteiger partial charge in [0, 0.05) is 25.1 Å². The highest BCUT2D eigenvalue weighted by molar-refractivity contribution is 9.10. The van der Waals surface area contributed by atoms with E-state index >= 15 is 0 Å². The number of hydrogen-bond acceptors (Lipinski definition) is 5. The highest BCUT2D eigenvalue weighted by atomic mass is 79.9. The number of pyridine rings is 1. The first-order chi connectivity index (χ1) is 9.11. The number of ether oxygens (including phenoxy) is 1. The second-order valence-electron chi connectivity index (χ2n) is 4.53.